The van der Waals surface area contributed by atoms with E-state index in [1.807, 2.05) is 55.4 Å². The van der Waals surface area contributed by atoms with Crippen molar-refractivity contribution in [3.05, 3.63) is 12.2 Å². The van der Waals surface area contributed by atoms with Crippen LogP contribution in [0.15, 0.2) is 12.2 Å². The van der Waals surface area contributed by atoms with E-state index in [2.05, 4.69) is 26.6 Å². The van der Waals surface area contributed by atoms with Crippen molar-refractivity contribution in [3.63, 3.8) is 0 Å². The number of nitrogens with zero attached hydrogens (tertiary/aromatic N) is 7. The summed E-state index contributed by atoms with van der Waals surface area (Å²) in [7, 11) is 9.72. The Bertz CT molecular complexity index is 2720. The second-order valence-electron chi connectivity index (χ2n) is 29.2. The Balaban J connectivity index is 4.54. The number of likely N-dealkylation sites (N-methyl/N-ethyl adjacent to an activating group) is 7. The molecule has 0 radical (unpaired) electrons. The third-order valence-corrected chi connectivity index (χ3v) is 18.0. The summed E-state index contributed by atoms with van der Waals surface area (Å²) < 4.78 is 6.19. The van der Waals surface area contributed by atoms with Crippen molar-refractivity contribution in [1.82, 2.24) is 60.9 Å². The number of hydrogen-bond acceptors (Lipinski definition) is 16. The zero-order chi connectivity index (χ0) is 75.7. The number of amides is 12. The lowest BCUT2D eigenvalue weighted by atomic mass is 9.91. The summed E-state index contributed by atoms with van der Waals surface area (Å²) in [6.07, 6.45) is 4.00. The van der Waals surface area contributed by atoms with Crippen LogP contribution in [0.1, 0.15) is 175 Å². The molecule has 12 amide bonds. The fraction of sp³-hybridized carbons (Fsp3) is 0.786. The van der Waals surface area contributed by atoms with Gasteiger partial charge in [0.1, 0.15) is 73.1 Å². The highest BCUT2D eigenvalue weighted by molar-refractivity contribution is 6.00. The SMILES string of the molecule is CC=CC[C@@H](C)[C@@H](OC(=O)CNC(=O)[C@@H](N)CCCCN)[C@H]1C(=O)N[C@@H](CC)C(=O)N(C)CC(=O)N(C)[C@@H](CC(C)C)C(=O)N[C@@H](C(C)C)C(=O)N(C)[C@@H](CC(C)C)C(=O)N[C@@H](C)C(=O)N[C@H](C)C(=O)N(C)[C@@H](CC(C)C)C(=O)N(C)[C@@H](CC(C)C)C(=O)N(C)[C@@H](C(C)C)C(=O)N1C. The van der Waals surface area contributed by atoms with Crippen molar-refractivity contribution in [2.75, 3.05) is 69.0 Å². The van der Waals surface area contributed by atoms with E-state index in [1.165, 1.54) is 87.7 Å². The first-order chi connectivity index (χ1) is 45.4. The molecule has 1 rings (SSSR count). The molecule has 0 spiro atoms. The van der Waals surface area contributed by atoms with Crippen LogP contribution in [0, 0.1) is 41.4 Å². The average molecular weight is 1390 g/mol. The Morgan fingerprint density at radius 2 is 1.00 bits per heavy atom. The Morgan fingerprint density at radius 1 is 0.541 bits per heavy atom. The van der Waals surface area contributed by atoms with Gasteiger partial charge < -0.3 is 77.1 Å². The number of carbonyl (C=O) groups excluding carboxylic acids is 13. The zero-order valence-electron chi connectivity index (χ0n) is 63.6. The van der Waals surface area contributed by atoms with Crippen molar-refractivity contribution in [2.45, 2.75) is 248 Å². The smallest absolute Gasteiger partial charge is 0.325 e. The monoisotopic (exact) mass is 1390 g/mol. The maximum absolute atomic E-state index is 15.7. The summed E-state index contributed by atoms with van der Waals surface area (Å²) in [6.45, 7) is 28.6. The summed E-state index contributed by atoms with van der Waals surface area (Å²) >= 11 is 0. The standard InChI is InChI=1S/C70H126N14O14/c1-25-27-30-45(15)59(98-55(86)37-73-61(88)48(72)31-28-29-32-71)58-64(91)76-49(26-2)66(93)78(18)38-54(85)79(19)50(33-39(3)4)63(90)77-56(43(11)12)69(96)80(20)51(34-40(5)6)62(89)74-46(16)60(87)75-47(17)65(92)81(21)52(35-41(7)8)67(94)82(22)53(36-42(9)10)68(95)83(23)57(44(13)14)70(97)84(58)24/h25,27,39-53,56-59H,26,28-38,71-72H2,1-24H3,(H,73,88)(H,74,89)(H,75,87)(H,76,91)(H,77,90)/t45-,46+,47-,48+,49+,50+,51+,52+,53+,56+,57+,58+,59-/m1/s1. The molecule has 0 saturated carbocycles. The van der Waals surface area contributed by atoms with Gasteiger partial charge in [0, 0.05) is 49.3 Å². The van der Waals surface area contributed by atoms with E-state index in [4.69, 9.17) is 16.2 Å². The van der Waals surface area contributed by atoms with Gasteiger partial charge in [-0.25, -0.2) is 0 Å². The number of rotatable bonds is 23. The molecule has 1 saturated heterocycles. The van der Waals surface area contributed by atoms with E-state index in [1.54, 1.807) is 60.6 Å². The lowest BCUT2D eigenvalue weighted by Gasteiger charge is -2.42. The first kappa shape index (κ1) is 88.8. The molecule has 1 fully saturated rings. The van der Waals surface area contributed by atoms with Crippen LogP contribution in [-0.4, -0.2) is 253 Å². The molecule has 1 heterocycles. The van der Waals surface area contributed by atoms with Gasteiger partial charge in [0.2, 0.25) is 70.9 Å². The van der Waals surface area contributed by atoms with E-state index in [0.717, 1.165) is 9.80 Å². The van der Waals surface area contributed by atoms with Crippen molar-refractivity contribution >= 4 is 76.9 Å². The van der Waals surface area contributed by atoms with Crippen LogP contribution in [0.25, 0.3) is 0 Å². The Hall–Kier alpha value is -7.23. The molecule has 1 aliphatic rings. The van der Waals surface area contributed by atoms with Gasteiger partial charge in [-0.3, -0.25) is 62.3 Å². The van der Waals surface area contributed by atoms with E-state index in [0.29, 0.717) is 19.4 Å². The number of hydrogen-bond donors (Lipinski definition) is 7. The van der Waals surface area contributed by atoms with E-state index in [-0.39, 0.29) is 68.6 Å². The number of carbonyl (C=O) groups is 13. The molecule has 0 aromatic carbocycles. The normalized spacial score (nSPS) is 25.1. The minimum atomic E-state index is -1.77. The lowest BCUT2D eigenvalue weighted by molar-refractivity contribution is -0.165. The van der Waals surface area contributed by atoms with Crippen LogP contribution in [0.3, 0.4) is 0 Å². The second-order valence-corrected chi connectivity index (χ2v) is 29.2. The minimum absolute atomic E-state index is 0.0685. The summed E-state index contributed by atoms with van der Waals surface area (Å²) in [5.74, 6) is -12.4. The number of esters is 1. The Morgan fingerprint density at radius 3 is 1.48 bits per heavy atom. The number of nitrogens with two attached hydrogens (primary N) is 2. The van der Waals surface area contributed by atoms with Gasteiger partial charge in [-0.2, -0.15) is 0 Å². The number of ether oxygens (including phenoxy) is 1. The number of allylic oxidation sites excluding steroid dienone is 2. The molecule has 0 aromatic heterocycles. The summed E-state index contributed by atoms with van der Waals surface area (Å²) in [6, 6.07) is -14.1. The molecule has 1 aliphatic heterocycles. The molecular weight excluding hydrogens is 1260 g/mol. The maximum atomic E-state index is 15.7. The molecule has 28 heteroatoms. The van der Waals surface area contributed by atoms with Crippen molar-refractivity contribution in [3.8, 4) is 0 Å². The molecular formula is C70H126N14O14. The fourth-order valence-electron chi connectivity index (χ4n) is 12.0. The molecule has 28 nitrogen and oxygen atoms in total. The Labute approximate surface area is 584 Å². The maximum Gasteiger partial charge on any atom is 0.325 e. The Kier molecular flexibility index (Phi) is 38.1. The van der Waals surface area contributed by atoms with Crippen LogP contribution in [0.2, 0.25) is 0 Å². The van der Waals surface area contributed by atoms with Gasteiger partial charge in [0.05, 0.1) is 12.6 Å². The van der Waals surface area contributed by atoms with Crippen molar-refractivity contribution in [1.29, 1.82) is 0 Å². The molecule has 0 aromatic rings. The third-order valence-electron chi connectivity index (χ3n) is 18.0. The van der Waals surface area contributed by atoms with Crippen LogP contribution in [-0.2, 0) is 67.1 Å². The summed E-state index contributed by atoms with van der Waals surface area (Å²) in [4.78, 5) is 199. The number of unbranched alkanes of at least 4 members (excludes halogenated alkanes) is 1. The molecule has 13 atom stereocenters. The van der Waals surface area contributed by atoms with Gasteiger partial charge in [-0.1, -0.05) is 116 Å². The summed E-state index contributed by atoms with van der Waals surface area (Å²) in [5, 5.41) is 13.5. The van der Waals surface area contributed by atoms with Crippen molar-refractivity contribution < 1.29 is 67.1 Å². The first-order valence-electron chi connectivity index (χ1n) is 35.0. The van der Waals surface area contributed by atoms with E-state index >= 15 is 19.2 Å². The number of nitrogens with one attached hydrogen (secondary N) is 5. The van der Waals surface area contributed by atoms with Gasteiger partial charge in [-0.05, 0) is 120 Å². The molecule has 0 bridgehead atoms. The molecule has 0 unspecified atom stereocenters. The van der Waals surface area contributed by atoms with E-state index < -0.39 is 180 Å². The van der Waals surface area contributed by atoms with Gasteiger partial charge in [0.25, 0.3) is 0 Å². The molecule has 560 valence electrons. The van der Waals surface area contributed by atoms with Crippen LogP contribution >= 0.6 is 0 Å². The first-order valence-corrected chi connectivity index (χ1v) is 35.0. The quantitative estimate of drug-likeness (QED) is 0.0439. The second kappa shape index (κ2) is 42.0. The lowest BCUT2D eigenvalue weighted by Crippen LogP contribution is -2.64. The largest absolute Gasteiger partial charge is 0.458 e. The fourth-order valence-corrected chi connectivity index (χ4v) is 12.0. The average Bonchev–Trinajstić information content (AvgIpc) is 0.875. The molecule has 9 N–H and O–H groups in total. The van der Waals surface area contributed by atoms with Gasteiger partial charge in [0.15, 0.2) is 0 Å². The van der Waals surface area contributed by atoms with Gasteiger partial charge >= 0.3 is 5.97 Å². The summed E-state index contributed by atoms with van der Waals surface area (Å²) in [5.41, 5.74) is 11.8. The topological polar surface area (TPSA) is 366 Å². The van der Waals surface area contributed by atoms with Crippen LogP contribution < -0.4 is 38.1 Å². The van der Waals surface area contributed by atoms with E-state index in [9.17, 15) is 43.2 Å². The van der Waals surface area contributed by atoms with Crippen LogP contribution in [0.5, 0.6) is 0 Å². The highest BCUT2D eigenvalue weighted by atomic mass is 16.5. The molecule has 0 aliphatic carbocycles. The zero-order valence-corrected chi connectivity index (χ0v) is 63.6. The highest BCUT2D eigenvalue weighted by Gasteiger charge is 2.47. The minimum Gasteiger partial charge on any atom is -0.458 e. The third kappa shape index (κ3) is 26.5. The predicted octanol–water partition coefficient (Wildman–Crippen LogP) is 2.39. The highest BCUT2D eigenvalue weighted by Crippen LogP contribution is 2.27. The van der Waals surface area contributed by atoms with Crippen LogP contribution in [0.4, 0.5) is 0 Å². The molecule has 98 heavy (non-hydrogen) atoms. The van der Waals surface area contributed by atoms with Gasteiger partial charge in [-0.15, -0.1) is 0 Å². The van der Waals surface area contributed by atoms with Crippen molar-refractivity contribution in [2.24, 2.45) is 52.9 Å². The predicted molar refractivity (Wildman–Crippen MR) is 376 cm³/mol.